The third kappa shape index (κ3) is 3.05. The van der Waals surface area contributed by atoms with E-state index in [1.165, 1.54) is 24.7 Å². The van der Waals surface area contributed by atoms with Crippen LogP contribution >= 0.6 is 0 Å². The van der Waals surface area contributed by atoms with Gasteiger partial charge in [-0.1, -0.05) is 30.3 Å². The lowest BCUT2D eigenvalue weighted by Gasteiger charge is -2.16. The second kappa shape index (κ2) is 6.34. The van der Waals surface area contributed by atoms with Gasteiger partial charge in [0, 0.05) is 18.2 Å². The number of aromatic amines is 1. The summed E-state index contributed by atoms with van der Waals surface area (Å²) in [5.74, 6) is 0.355. The predicted octanol–water partition coefficient (Wildman–Crippen LogP) is 2.42. The summed E-state index contributed by atoms with van der Waals surface area (Å²) in [4.78, 5) is 16.7. The third-order valence-electron chi connectivity index (χ3n) is 3.22. The third-order valence-corrected chi connectivity index (χ3v) is 3.22. The smallest absolute Gasteiger partial charge is 0.249 e. The SMILES string of the molecule is CON(C(C)=O)c1n[nH]c(C)c1CCc1ccccc1. The first-order valence-electron chi connectivity index (χ1n) is 6.56. The number of anilines is 1. The molecule has 2 rings (SSSR count). The minimum absolute atomic E-state index is 0.194. The summed E-state index contributed by atoms with van der Waals surface area (Å²) in [6, 6.07) is 10.2. The molecule has 1 aromatic carbocycles. The molecule has 0 atom stereocenters. The molecule has 106 valence electrons. The van der Waals surface area contributed by atoms with E-state index in [9.17, 15) is 4.79 Å². The average Bonchev–Trinajstić information content (AvgIpc) is 2.79. The summed E-state index contributed by atoms with van der Waals surface area (Å²) in [6.45, 7) is 3.40. The van der Waals surface area contributed by atoms with Gasteiger partial charge in [-0.25, -0.2) is 0 Å². The van der Waals surface area contributed by atoms with Gasteiger partial charge < -0.3 is 0 Å². The van der Waals surface area contributed by atoms with Crippen LogP contribution in [0.5, 0.6) is 0 Å². The Morgan fingerprint density at radius 1 is 1.30 bits per heavy atom. The highest BCUT2D eigenvalue weighted by molar-refractivity contribution is 5.89. The molecule has 0 saturated carbocycles. The fourth-order valence-electron chi connectivity index (χ4n) is 2.18. The van der Waals surface area contributed by atoms with Gasteiger partial charge in [-0.05, 0) is 25.3 Å². The molecule has 0 bridgehead atoms. The van der Waals surface area contributed by atoms with Gasteiger partial charge in [0.15, 0.2) is 5.82 Å². The first-order chi connectivity index (χ1) is 9.63. The van der Waals surface area contributed by atoms with Crippen LogP contribution in [-0.4, -0.2) is 23.2 Å². The van der Waals surface area contributed by atoms with Crippen LogP contribution in [0.1, 0.15) is 23.7 Å². The zero-order valence-electron chi connectivity index (χ0n) is 12.0. The van der Waals surface area contributed by atoms with Gasteiger partial charge in [-0.2, -0.15) is 10.2 Å². The first-order valence-corrected chi connectivity index (χ1v) is 6.56. The first kappa shape index (κ1) is 14.3. The standard InChI is InChI=1S/C15H19N3O2/c1-11-14(10-9-13-7-5-4-6-8-13)15(17-16-11)18(20-3)12(2)19/h4-8H,9-10H2,1-3H3,(H,16,17). The molecule has 0 saturated heterocycles. The molecule has 0 aliphatic carbocycles. The Morgan fingerprint density at radius 3 is 2.60 bits per heavy atom. The van der Waals surface area contributed by atoms with Crippen molar-refractivity contribution in [2.75, 3.05) is 12.2 Å². The van der Waals surface area contributed by atoms with Gasteiger partial charge in [0.25, 0.3) is 0 Å². The minimum Gasteiger partial charge on any atom is -0.280 e. The molecule has 5 nitrogen and oxygen atoms in total. The summed E-state index contributed by atoms with van der Waals surface area (Å²) >= 11 is 0. The fourth-order valence-corrected chi connectivity index (χ4v) is 2.18. The molecular formula is C15H19N3O2. The Balaban J connectivity index is 2.19. The van der Waals surface area contributed by atoms with Crippen molar-refractivity contribution in [1.82, 2.24) is 10.2 Å². The summed E-state index contributed by atoms with van der Waals surface area (Å²) < 4.78 is 0. The highest BCUT2D eigenvalue weighted by atomic mass is 16.7. The van der Waals surface area contributed by atoms with E-state index in [1.807, 2.05) is 25.1 Å². The van der Waals surface area contributed by atoms with E-state index < -0.39 is 0 Å². The maximum absolute atomic E-state index is 11.6. The van der Waals surface area contributed by atoms with Crippen LogP contribution in [0, 0.1) is 6.92 Å². The van der Waals surface area contributed by atoms with E-state index in [4.69, 9.17) is 4.84 Å². The number of amides is 1. The number of hydroxylamine groups is 1. The molecule has 0 fully saturated rings. The second-order valence-corrected chi connectivity index (χ2v) is 4.63. The largest absolute Gasteiger partial charge is 0.280 e. The molecule has 2 aromatic rings. The van der Waals surface area contributed by atoms with Crippen molar-refractivity contribution in [2.45, 2.75) is 26.7 Å². The highest BCUT2D eigenvalue weighted by Gasteiger charge is 2.20. The Labute approximate surface area is 118 Å². The number of hydrogen-bond donors (Lipinski definition) is 1. The van der Waals surface area contributed by atoms with Gasteiger partial charge in [-0.15, -0.1) is 0 Å². The average molecular weight is 273 g/mol. The minimum atomic E-state index is -0.194. The number of benzene rings is 1. The number of rotatable bonds is 5. The van der Waals surface area contributed by atoms with Crippen LogP contribution in [0.3, 0.4) is 0 Å². The Bertz CT molecular complexity index is 578. The van der Waals surface area contributed by atoms with E-state index in [1.54, 1.807) is 0 Å². The molecule has 1 aromatic heterocycles. The van der Waals surface area contributed by atoms with Crippen molar-refractivity contribution >= 4 is 11.7 Å². The Morgan fingerprint density at radius 2 is 2.00 bits per heavy atom. The molecule has 0 radical (unpaired) electrons. The van der Waals surface area contributed by atoms with Gasteiger partial charge in [-0.3, -0.25) is 14.7 Å². The van der Waals surface area contributed by atoms with Gasteiger partial charge in [0.2, 0.25) is 5.91 Å². The van der Waals surface area contributed by atoms with Crippen LogP contribution in [0.15, 0.2) is 30.3 Å². The lowest BCUT2D eigenvalue weighted by molar-refractivity contribution is -0.122. The van der Waals surface area contributed by atoms with Crippen LogP contribution in [0.25, 0.3) is 0 Å². The van der Waals surface area contributed by atoms with Gasteiger partial charge >= 0.3 is 0 Å². The number of nitrogens with one attached hydrogen (secondary N) is 1. The van der Waals surface area contributed by atoms with Crippen molar-refractivity contribution in [3.8, 4) is 0 Å². The molecule has 1 heterocycles. The number of H-pyrrole nitrogens is 1. The van der Waals surface area contributed by atoms with Crippen molar-refractivity contribution in [3.63, 3.8) is 0 Å². The summed E-state index contributed by atoms with van der Waals surface area (Å²) in [5.41, 5.74) is 3.22. The molecule has 1 N–H and O–H groups in total. The van der Waals surface area contributed by atoms with Crippen LogP contribution in [0.2, 0.25) is 0 Å². The quantitative estimate of drug-likeness (QED) is 0.851. The van der Waals surface area contributed by atoms with Crippen LogP contribution in [-0.2, 0) is 22.5 Å². The van der Waals surface area contributed by atoms with Crippen molar-refractivity contribution in [1.29, 1.82) is 0 Å². The monoisotopic (exact) mass is 273 g/mol. The fraction of sp³-hybridized carbons (Fsp3) is 0.333. The van der Waals surface area contributed by atoms with Gasteiger partial charge in [0.1, 0.15) is 0 Å². The Kier molecular flexibility index (Phi) is 4.53. The van der Waals surface area contributed by atoms with Crippen LogP contribution in [0.4, 0.5) is 5.82 Å². The number of carbonyl (C=O) groups is 1. The number of carbonyl (C=O) groups excluding carboxylic acids is 1. The molecule has 1 amide bonds. The lowest BCUT2D eigenvalue weighted by atomic mass is 10.0. The maximum atomic E-state index is 11.6. The zero-order valence-corrected chi connectivity index (χ0v) is 12.0. The number of hydrogen-bond acceptors (Lipinski definition) is 3. The number of nitrogens with zero attached hydrogens (tertiary/aromatic N) is 2. The van der Waals surface area contributed by atoms with Crippen LogP contribution < -0.4 is 5.06 Å². The van der Waals surface area contributed by atoms with Gasteiger partial charge in [0.05, 0.1) is 7.11 Å². The van der Waals surface area contributed by atoms with E-state index in [0.29, 0.717) is 5.82 Å². The predicted molar refractivity (Wildman–Crippen MR) is 77.3 cm³/mol. The summed E-state index contributed by atoms with van der Waals surface area (Å²) in [7, 11) is 1.46. The van der Waals surface area contributed by atoms with E-state index in [-0.39, 0.29) is 5.91 Å². The molecule has 5 heteroatoms. The maximum Gasteiger partial charge on any atom is 0.249 e. The summed E-state index contributed by atoms with van der Waals surface area (Å²) in [5, 5.41) is 8.31. The van der Waals surface area contributed by atoms with Crippen molar-refractivity contribution in [3.05, 3.63) is 47.2 Å². The molecular weight excluding hydrogens is 254 g/mol. The van der Waals surface area contributed by atoms with E-state index in [0.717, 1.165) is 24.1 Å². The number of aromatic nitrogens is 2. The number of aryl methyl sites for hydroxylation is 2. The zero-order chi connectivity index (χ0) is 14.5. The van der Waals surface area contributed by atoms with Crippen molar-refractivity contribution < 1.29 is 9.63 Å². The summed E-state index contributed by atoms with van der Waals surface area (Å²) in [6.07, 6.45) is 1.69. The molecule has 0 aliphatic rings. The highest BCUT2D eigenvalue weighted by Crippen LogP contribution is 2.22. The second-order valence-electron chi connectivity index (χ2n) is 4.63. The topological polar surface area (TPSA) is 58.2 Å². The van der Waals surface area contributed by atoms with E-state index in [2.05, 4.69) is 22.3 Å². The molecule has 20 heavy (non-hydrogen) atoms. The van der Waals surface area contributed by atoms with Crippen molar-refractivity contribution in [2.24, 2.45) is 0 Å². The molecule has 0 spiro atoms. The molecule has 0 unspecified atom stereocenters. The van der Waals surface area contributed by atoms with E-state index >= 15 is 0 Å². The Hall–Kier alpha value is -2.14. The molecule has 0 aliphatic heterocycles. The lowest BCUT2D eigenvalue weighted by Crippen LogP contribution is -2.28. The normalized spacial score (nSPS) is 10.6.